The lowest BCUT2D eigenvalue weighted by Gasteiger charge is -2.31. The Labute approximate surface area is 107 Å². The lowest BCUT2D eigenvalue weighted by molar-refractivity contribution is -0.120. The Morgan fingerprint density at radius 1 is 1.50 bits per heavy atom. The predicted molar refractivity (Wildman–Crippen MR) is 69.8 cm³/mol. The smallest absolute Gasteiger partial charge is 0.300 e. The average molecular weight is 257 g/mol. The maximum absolute atomic E-state index is 14.3. The summed E-state index contributed by atoms with van der Waals surface area (Å²) in [5.74, 6) is -2.92. The van der Waals surface area contributed by atoms with Gasteiger partial charge in [0.1, 0.15) is 6.10 Å². The molecule has 18 heavy (non-hydrogen) atoms. The summed E-state index contributed by atoms with van der Waals surface area (Å²) in [7, 11) is 0. The lowest BCUT2D eigenvalue weighted by Crippen LogP contribution is -2.49. The number of hydrogen-bond acceptors (Lipinski definition) is 2. The van der Waals surface area contributed by atoms with Crippen molar-refractivity contribution >= 4 is 0 Å². The van der Waals surface area contributed by atoms with Gasteiger partial charge in [0.15, 0.2) is 0 Å². The largest absolute Gasteiger partial charge is 0.369 e. The first-order valence-electron chi connectivity index (χ1n) is 6.13. The molecule has 0 aromatic heterocycles. The fourth-order valence-electron chi connectivity index (χ4n) is 1.64. The van der Waals surface area contributed by atoms with E-state index in [0.717, 1.165) is 0 Å². The summed E-state index contributed by atoms with van der Waals surface area (Å²) >= 11 is 0. The van der Waals surface area contributed by atoms with Crippen LogP contribution in [0.15, 0.2) is 36.5 Å². The molecule has 0 radical (unpaired) electrons. The number of hydrogen-bond donors (Lipinski definition) is 1. The van der Waals surface area contributed by atoms with Gasteiger partial charge in [0.2, 0.25) is 0 Å². The summed E-state index contributed by atoms with van der Waals surface area (Å²) in [5, 5.41) is 2.91. The monoisotopic (exact) mass is 257 g/mol. The SMILES string of the molecule is C=C/C(=C\C(=C)C(C)C)C(F)(F)C1CNCCO1. The highest BCUT2D eigenvalue weighted by Gasteiger charge is 2.43. The summed E-state index contributed by atoms with van der Waals surface area (Å²) in [6, 6.07) is 0. The van der Waals surface area contributed by atoms with E-state index < -0.39 is 12.0 Å². The molecule has 1 heterocycles. The van der Waals surface area contributed by atoms with Crippen molar-refractivity contribution in [3.63, 3.8) is 0 Å². The third-order valence-electron chi connectivity index (χ3n) is 3.02. The van der Waals surface area contributed by atoms with Gasteiger partial charge in [-0.2, -0.15) is 8.78 Å². The van der Waals surface area contributed by atoms with Crippen LogP contribution in [0, 0.1) is 5.92 Å². The quantitative estimate of drug-likeness (QED) is 0.765. The first-order valence-corrected chi connectivity index (χ1v) is 6.13. The minimum Gasteiger partial charge on any atom is -0.369 e. The molecule has 1 aliphatic rings. The van der Waals surface area contributed by atoms with Crippen LogP contribution in [-0.4, -0.2) is 31.7 Å². The minimum absolute atomic E-state index is 0.126. The highest BCUT2D eigenvalue weighted by Crippen LogP contribution is 2.32. The van der Waals surface area contributed by atoms with Gasteiger partial charge in [0, 0.05) is 18.7 Å². The van der Waals surface area contributed by atoms with Crippen molar-refractivity contribution in [2.45, 2.75) is 25.9 Å². The van der Waals surface area contributed by atoms with Crippen molar-refractivity contribution in [1.82, 2.24) is 5.32 Å². The van der Waals surface area contributed by atoms with Gasteiger partial charge in [-0.3, -0.25) is 0 Å². The average Bonchev–Trinajstić information content (AvgIpc) is 2.36. The summed E-state index contributed by atoms with van der Waals surface area (Å²) in [6.45, 7) is 12.1. The number of ether oxygens (including phenoxy) is 1. The number of morpholine rings is 1. The fraction of sp³-hybridized carbons (Fsp3) is 0.571. The van der Waals surface area contributed by atoms with Gasteiger partial charge in [0.05, 0.1) is 6.61 Å². The minimum atomic E-state index is -3.05. The van der Waals surface area contributed by atoms with Gasteiger partial charge >= 0.3 is 0 Å². The summed E-state index contributed by atoms with van der Waals surface area (Å²) in [6.07, 6.45) is 1.46. The molecule has 1 saturated heterocycles. The molecule has 4 heteroatoms. The van der Waals surface area contributed by atoms with Crippen molar-refractivity contribution in [2.75, 3.05) is 19.7 Å². The molecular formula is C14H21F2NO. The van der Waals surface area contributed by atoms with E-state index in [1.807, 2.05) is 13.8 Å². The van der Waals surface area contributed by atoms with E-state index in [1.54, 1.807) is 0 Å². The molecule has 1 unspecified atom stereocenters. The Hall–Kier alpha value is -1.00. The van der Waals surface area contributed by atoms with Gasteiger partial charge < -0.3 is 10.1 Å². The van der Waals surface area contributed by atoms with E-state index in [9.17, 15) is 8.78 Å². The maximum atomic E-state index is 14.3. The second-order valence-corrected chi connectivity index (χ2v) is 4.72. The van der Waals surface area contributed by atoms with E-state index in [-0.39, 0.29) is 18.0 Å². The number of alkyl halides is 2. The van der Waals surface area contributed by atoms with Crippen LogP contribution in [-0.2, 0) is 4.74 Å². The Morgan fingerprint density at radius 2 is 2.17 bits per heavy atom. The molecular weight excluding hydrogens is 236 g/mol. The first kappa shape index (κ1) is 15.1. The van der Waals surface area contributed by atoms with E-state index in [1.165, 1.54) is 12.2 Å². The van der Waals surface area contributed by atoms with Crippen molar-refractivity contribution in [1.29, 1.82) is 0 Å². The Morgan fingerprint density at radius 3 is 2.61 bits per heavy atom. The standard InChI is InChI=1S/C14H21F2NO/c1-5-12(8-11(4)10(2)3)14(15,16)13-9-17-6-7-18-13/h5,8,10,13,17H,1,4,6-7,9H2,2-3H3/b12-8+. The molecule has 1 atom stereocenters. The first-order chi connectivity index (χ1) is 8.39. The molecule has 1 fully saturated rings. The zero-order chi connectivity index (χ0) is 13.8. The maximum Gasteiger partial charge on any atom is 0.300 e. The van der Waals surface area contributed by atoms with Gasteiger partial charge in [-0.25, -0.2) is 0 Å². The number of halogens is 2. The van der Waals surface area contributed by atoms with Crippen LogP contribution in [0.2, 0.25) is 0 Å². The van der Waals surface area contributed by atoms with Crippen LogP contribution in [0.3, 0.4) is 0 Å². The van der Waals surface area contributed by atoms with E-state index >= 15 is 0 Å². The van der Waals surface area contributed by atoms with Crippen LogP contribution < -0.4 is 5.32 Å². The van der Waals surface area contributed by atoms with Gasteiger partial charge in [0.25, 0.3) is 5.92 Å². The summed E-state index contributed by atoms with van der Waals surface area (Å²) in [4.78, 5) is 0. The summed E-state index contributed by atoms with van der Waals surface area (Å²) in [5.41, 5.74) is 0.531. The fourth-order valence-corrected chi connectivity index (χ4v) is 1.64. The Kier molecular flexibility index (Phi) is 5.23. The molecule has 0 aliphatic carbocycles. The molecule has 1 N–H and O–H groups in total. The molecule has 1 rings (SSSR count). The van der Waals surface area contributed by atoms with E-state index in [0.29, 0.717) is 18.7 Å². The normalized spacial score (nSPS) is 22.1. The Bertz CT molecular complexity index is 342. The van der Waals surface area contributed by atoms with Crippen LogP contribution in [0.4, 0.5) is 8.78 Å². The van der Waals surface area contributed by atoms with Crippen LogP contribution >= 0.6 is 0 Å². The number of rotatable bonds is 5. The Balaban J connectivity index is 2.91. The van der Waals surface area contributed by atoms with E-state index in [4.69, 9.17) is 4.74 Å². The third kappa shape index (κ3) is 3.50. The summed E-state index contributed by atoms with van der Waals surface area (Å²) < 4.78 is 33.6. The topological polar surface area (TPSA) is 21.3 Å². The highest BCUT2D eigenvalue weighted by atomic mass is 19.3. The lowest BCUT2D eigenvalue weighted by atomic mass is 9.96. The molecule has 0 aromatic carbocycles. The van der Waals surface area contributed by atoms with Crippen molar-refractivity contribution in [3.8, 4) is 0 Å². The van der Waals surface area contributed by atoms with Crippen molar-refractivity contribution in [2.24, 2.45) is 5.92 Å². The number of nitrogens with one attached hydrogen (secondary N) is 1. The molecule has 0 spiro atoms. The van der Waals surface area contributed by atoms with Crippen molar-refractivity contribution < 1.29 is 13.5 Å². The third-order valence-corrected chi connectivity index (χ3v) is 3.02. The van der Waals surface area contributed by atoms with Gasteiger partial charge in [-0.1, -0.05) is 44.7 Å². The second-order valence-electron chi connectivity index (χ2n) is 4.72. The van der Waals surface area contributed by atoms with Crippen LogP contribution in [0.1, 0.15) is 13.8 Å². The van der Waals surface area contributed by atoms with Gasteiger partial charge in [-0.15, -0.1) is 0 Å². The molecule has 1 aliphatic heterocycles. The highest BCUT2D eigenvalue weighted by molar-refractivity contribution is 5.34. The van der Waals surface area contributed by atoms with Crippen LogP contribution in [0.25, 0.3) is 0 Å². The molecule has 0 amide bonds. The second kappa shape index (κ2) is 6.25. The molecule has 0 saturated carbocycles. The zero-order valence-electron chi connectivity index (χ0n) is 11.0. The van der Waals surface area contributed by atoms with Crippen LogP contribution in [0.5, 0.6) is 0 Å². The zero-order valence-corrected chi connectivity index (χ0v) is 11.0. The predicted octanol–water partition coefficient (Wildman–Crippen LogP) is 2.93. The van der Waals surface area contributed by atoms with Gasteiger partial charge in [-0.05, 0) is 5.92 Å². The van der Waals surface area contributed by atoms with Crippen molar-refractivity contribution in [3.05, 3.63) is 36.5 Å². The molecule has 2 nitrogen and oxygen atoms in total. The van der Waals surface area contributed by atoms with E-state index in [2.05, 4.69) is 18.5 Å². The molecule has 0 aromatic rings. The number of allylic oxidation sites excluding steroid dienone is 3. The molecule has 102 valence electrons. The molecule has 0 bridgehead atoms.